The molecule has 0 N–H and O–H groups in total. The van der Waals surface area contributed by atoms with Crippen molar-refractivity contribution in [3.8, 4) is 0 Å². The molecule has 0 aliphatic heterocycles. The lowest BCUT2D eigenvalue weighted by Gasteiger charge is -2.28. The van der Waals surface area contributed by atoms with E-state index in [-0.39, 0.29) is 13.0 Å². The van der Waals surface area contributed by atoms with Gasteiger partial charge in [0.2, 0.25) is 0 Å². The van der Waals surface area contributed by atoms with Gasteiger partial charge in [-0.3, -0.25) is 14.9 Å². The van der Waals surface area contributed by atoms with Crippen LogP contribution >= 0.6 is 0 Å². The van der Waals surface area contributed by atoms with E-state index in [1.54, 1.807) is 0 Å². The van der Waals surface area contributed by atoms with Crippen molar-refractivity contribution in [1.82, 2.24) is 4.31 Å². The molecular formula is C20H26N2O6S. The predicted octanol–water partition coefficient (Wildman–Crippen LogP) is 3.45. The van der Waals surface area contributed by atoms with Gasteiger partial charge in [-0.1, -0.05) is 30.4 Å². The van der Waals surface area contributed by atoms with Crippen LogP contribution < -0.4 is 0 Å². The highest BCUT2D eigenvalue weighted by molar-refractivity contribution is 7.89. The first kappa shape index (κ1) is 22.8. The summed E-state index contributed by atoms with van der Waals surface area (Å²) in [7, 11) is -3.19. The average Bonchev–Trinajstić information content (AvgIpc) is 3.50. The molecular weight excluding hydrogens is 396 g/mol. The molecule has 0 radical (unpaired) electrons. The van der Waals surface area contributed by atoms with Gasteiger partial charge in [0.15, 0.2) is 4.90 Å². The Balaban J connectivity index is 2.43. The normalized spacial score (nSPS) is 15.0. The van der Waals surface area contributed by atoms with Gasteiger partial charge in [-0.25, -0.2) is 8.42 Å². The minimum Gasteiger partial charge on any atom is -0.468 e. The van der Waals surface area contributed by atoms with Gasteiger partial charge >= 0.3 is 5.97 Å². The Labute approximate surface area is 171 Å². The molecule has 1 aromatic rings. The number of nitro benzene ring substituents is 1. The predicted molar refractivity (Wildman–Crippen MR) is 109 cm³/mol. The number of hydrogen-bond donors (Lipinski definition) is 0. The highest BCUT2D eigenvalue weighted by Gasteiger charge is 2.39. The largest absolute Gasteiger partial charge is 0.468 e. The van der Waals surface area contributed by atoms with E-state index < -0.39 is 37.5 Å². The van der Waals surface area contributed by atoms with Crippen LogP contribution in [-0.4, -0.2) is 43.3 Å². The van der Waals surface area contributed by atoms with Crippen LogP contribution in [0.1, 0.15) is 32.1 Å². The van der Waals surface area contributed by atoms with Gasteiger partial charge < -0.3 is 4.74 Å². The van der Waals surface area contributed by atoms with Gasteiger partial charge in [0.05, 0.1) is 12.0 Å². The van der Waals surface area contributed by atoms with E-state index in [2.05, 4.69) is 13.2 Å². The molecule has 0 saturated heterocycles. The number of carbonyl (C=O) groups excluding carboxylic acids is 1. The maximum absolute atomic E-state index is 13.4. The first-order chi connectivity index (χ1) is 13.7. The van der Waals surface area contributed by atoms with E-state index in [0.29, 0.717) is 12.3 Å². The van der Waals surface area contributed by atoms with Crippen LogP contribution in [-0.2, 0) is 19.6 Å². The Bertz CT molecular complexity index is 892. The number of para-hydroxylation sites is 1. The summed E-state index contributed by atoms with van der Waals surface area (Å²) in [5.74, 6) is -0.160. The molecule has 1 aliphatic rings. The number of sulfonamides is 1. The van der Waals surface area contributed by atoms with Crippen molar-refractivity contribution in [1.29, 1.82) is 0 Å². The molecule has 1 fully saturated rings. The number of nitro groups is 1. The zero-order chi connectivity index (χ0) is 21.6. The summed E-state index contributed by atoms with van der Waals surface area (Å²) in [4.78, 5) is 22.5. The third-order valence-corrected chi connectivity index (χ3v) is 6.77. The molecule has 8 nitrogen and oxygen atoms in total. The number of hydrogen-bond acceptors (Lipinski definition) is 6. The van der Waals surface area contributed by atoms with E-state index in [9.17, 15) is 23.3 Å². The molecule has 1 atom stereocenters. The van der Waals surface area contributed by atoms with E-state index in [0.717, 1.165) is 35.2 Å². The lowest BCUT2D eigenvalue weighted by Crippen LogP contribution is -2.46. The van der Waals surface area contributed by atoms with Crippen molar-refractivity contribution in [2.75, 3.05) is 13.7 Å². The molecule has 0 spiro atoms. The molecule has 0 aromatic heterocycles. The Morgan fingerprint density at radius 1 is 1.41 bits per heavy atom. The third kappa shape index (κ3) is 5.74. The van der Waals surface area contributed by atoms with Gasteiger partial charge in [0.1, 0.15) is 6.04 Å². The van der Waals surface area contributed by atoms with Gasteiger partial charge in [-0.2, -0.15) is 4.31 Å². The molecule has 9 heteroatoms. The van der Waals surface area contributed by atoms with E-state index >= 15 is 0 Å². The molecule has 1 saturated carbocycles. The fourth-order valence-corrected chi connectivity index (χ4v) is 4.87. The number of ether oxygens (including phenoxy) is 1. The minimum atomic E-state index is -4.36. The zero-order valence-corrected chi connectivity index (χ0v) is 17.3. The van der Waals surface area contributed by atoms with Crippen molar-refractivity contribution >= 4 is 21.7 Å². The second-order valence-corrected chi connectivity index (χ2v) is 8.91. The SMILES string of the molecule is C=CCC(C(=O)OC)N(CCC(=C)CC1CC1)S(=O)(=O)c1ccccc1[N+](=O)[O-]. The highest BCUT2D eigenvalue weighted by atomic mass is 32.2. The number of carbonyl (C=O) groups is 1. The second-order valence-electron chi connectivity index (χ2n) is 7.05. The Hall–Kier alpha value is -2.52. The van der Waals surface area contributed by atoms with Crippen LogP contribution in [0.2, 0.25) is 0 Å². The van der Waals surface area contributed by atoms with Gasteiger partial charge in [-0.05, 0) is 44.1 Å². The van der Waals surface area contributed by atoms with Crippen molar-refractivity contribution in [2.45, 2.75) is 43.0 Å². The lowest BCUT2D eigenvalue weighted by atomic mass is 10.1. The van der Waals surface area contributed by atoms with Crippen molar-refractivity contribution in [3.05, 3.63) is 59.2 Å². The zero-order valence-electron chi connectivity index (χ0n) is 16.5. The summed E-state index contributed by atoms with van der Waals surface area (Å²) >= 11 is 0. The standard InChI is InChI=1S/C20H26N2O6S/c1-4-7-18(20(23)28-3)21(13-12-15(2)14-16-10-11-16)29(26,27)19-9-6-5-8-17(19)22(24)25/h4-6,8-9,16,18H,1-2,7,10-14H2,3H3. The van der Waals surface area contributed by atoms with Crippen LogP contribution in [0.25, 0.3) is 0 Å². The molecule has 1 aliphatic carbocycles. The molecule has 1 aromatic carbocycles. The first-order valence-corrected chi connectivity index (χ1v) is 10.8. The van der Waals surface area contributed by atoms with Crippen molar-refractivity contribution < 1.29 is 22.9 Å². The van der Waals surface area contributed by atoms with Crippen LogP contribution in [0.3, 0.4) is 0 Å². The van der Waals surface area contributed by atoms with Crippen LogP contribution in [0, 0.1) is 16.0 Å². The number of rotatable bonds is 12. The van der Waals surface area contributed by atoms with Crippen LogP contribution in [0.15, 0.2) is 54.0 Å². The molecule has 2 rings (SSSR count). The smallest absolute Gasteiger partial charge is 0.324 e. The molecule has 0 amide bonds. The fourth-order valence-electron chi connectivity index (χ4n) is 3.12. The Morgan fingerprint density at radius 2 is 2.07 bits per heavy atom. The first-order valence-electron chi connectivity index (χ1n) is 9.33. The summed E-state index contributed by atoms with van der Waals surface area (Å²) in [5, 5.41) is 11.4. The molecule has 0 bridgehead atoms. The topological polar surface area (TPSA) is 107 Å². The maximum Gasteiger partial charge on any atom is 0.324 e. The van der Waals surface area contributed by atoms with Crippen molar-refractivity contribution in [3.63, 3.8) is 0 Å². The minimum absolute atomic E-state index is 0.0155. The van der Waals surface area contributed by atoms with Gasteiger partial charge in [0, 0.05) is 12.6 Å². The van der Waals surface area contributed by atoms with Crippen LogP contribution in [0.4, 0.5) is 5.69 Å². The third-order valence-electron chi connectivity index (χ3n) is 4.82. The lowest BCUT2D eigenvalue weighted by molar-refractivity contribution is -0.387. The summed E-state index contributed by atoms with van der Waals surface area (Å²) in [6, 6.07) is 3.92. The molecule has 158 valence electrons. The summed E-state index contributed by atoms with van der Waals surface area (Å²) in [5.41, 5.74) is 0.342. The van der Waals surface area contributed by atoms with Crippen molar-refractivity contribution in [2.24, 2.45) is 5.92 Å². The second kappa shape index (κ2) is 9.80. The van der Waals surface area contributed by atoms with Gasteiger partial charge in [0.25, 0.3) is 15.7 Å². The van der Waals surface area contributed by atoms with E-state index in [1.807, 2.05) is 0 Å². The molecule has 0 heterocycles. The van der Waals surface area contributed by atoms with Gasteiger partial charge in [-0.15, -0.1) is 6.58 Å². The summed E-state index contributed by atoms with van der Waals surface area (Å²) in [6.07, 6.45) is 4.87. The summed E-state index contributed by atoms with van der Waals surface area (Å²) in [6.45, 7) is 7.57. The van der Waals surface area contributed by atoms with E-state index in [1.165, 1.54) is 31.4 Å². The molecule has 29 heavy (non-hydrogen) atoms. The number of benzene rings is 1. The Kier molecular flexibility index (Phi) is 7.69. The molecule has 1 unspecified atom stereocenters. The quantitative estimate of drug-likeness (QED) is 0.221. The number of methoxy groups -OCH3 is 1. The average molecular weight is 423 g/mol. The summed E-state index contributed by atoms with van der Waals surface area (Å²) < 4.78 is 32.5. The number of esters is 1. The van der Waals surface area contributed by atoms with E-state index in [4.69, 9.17) is 4.74 Å². The number of nitrogens with zero attached hydrogens (tertiary/aromatic N) is 2. The Morgan fingerprint density at radius 3 is 2.62 bits per heavy atom. The highest BCUT2D eigenvalue weighted by Crippen LogP contribution is 2.36. The monoisotopic (exact) mass is 422 g/mol. The van der Waals surface area contributed by atoms with Crippen LogP contribution in [0.5, 0.6) is 0 Å². The maximum atomic E-state index is 13.4. The fraction of sp³-hybridized carbons (Fsp3) is 0.450.